The lowest BCUT2D eigenvalue weighted by atomic mass is 10.1. The summed E-state index contributed by atoms with van der Waals surface area (Å²) in [5.74, 6) is -1.70. The van der Waals surface area contributed by atoms with Crippen LogP contribution in [0.1, 0.15) is 39.4 Å². The van der Waals surface area contributed by atoms with Crippen molar-refractivity contribution in [2.45, 2.75) is 31.4 Å². The van der Waals surface area contributed by atoms with Crippen LogP contribution in [0.4, 0.5) is 5.69 Å². The van der Waals surface area contributed by atoms with Gasteiger partial charge in [0.25, 0.3) is 5.91 Å². The van der Waals surface area contributed by atoms with Gasteiger partial charge in [0.1, 0.15) is 0 Å². The molecule has 3 aromatic rings. The first kappa shape index (κ1) is 24.3. The molecule has 1 aromatic heterocycles. The minimum absolute atomic E-state index is 0.0159. The fourth-order valence-electron chi connectivity index (χ4n) is 2.87. The van der Waals surface area contributed by atoms with E-state index in [9.17, 15) is 22.8 Å². The van der Waals surface area contributed by atoms with Crippen LogP contribution in [0.5, 0.6) is 0 Å². The van der Waals surface area contributed by atoms with Crippen LogP contribution in [0, 0.1) is 0 Å². The number of ether oxygens (including phenoxy) is 1. The molecule has 1 amide bonds. The Kier molecular flexibility index (Phi) is 7.75. The molecule has 2 aromatic carbocycles. The Balaban J connectivity index is 1.66. The fourth-order valence-corrected chi connectivity index (χ4v) is 4.66. The Labute approximate surface area is 195 Å². The molecule has 0 radical (unpaired) electrons. The van der Waals surface area contributed by atoms with E-state index in [4.69, 9.17) is 4.74 Å². The first-order valence-corrected chi connectivity index (χ1v) is 12.3. The molecule has 3 rings (SSSR count). The second-order valence-corrected chi connectivity index (χ2v) is 9.87. The quantitative estimate of drug-likeness (QED) is 0.352. The predicted molar refractivity (Wildman–Crippen MR) is 125 cm³/mol. The molecule has 0 spiro atoms. The van der Waals surface area contributed by atoms with E-state index >= 15 is 0 Å². The normalized spacial score (nSPS) is 12.1. The van der Waals surface area contributed by atoms with Crippen molar-refractivity contribution in [3.05, 3.63) is 82.0 Å². The number of benzene rings is 2. The van der Waals surface area contributed by atoms with Gasteiger partial charge in [0.2, 0.25) is 10.0 Å². The molecule has 33 heavy (non-hydrogen) atoms. The minimum atomic E-state index is -3.85. The maximum atomic E-state index is 12.6. The number of ketones is 1. The van der Waals surface area contributed by atoms with Crippen molar-refractivity contribution in [1.29, 1.82) is 0 Å². The van der Waals surface area contributed by atoms with Gasteiger partial charge in [-0.1, -0.05) is 24.3 Å². The number of hydrogen-bond donors (Lipinski definition) is 2. The Morgan fingerprint density at radius 1 is 1.03 bits per heavy atom. The zero-order chi connectivity index (χ0) is 24.0. The SMILES string of the molecule is CC(=O)c1ccccc1NC(=O)C(C)OC(=O)c1cccc(S(=O)(=O)NCc2cccs2)c1. The largest absolute Gasteiger partial charge is 0.449 e. The molecule has 1 heterocycles. The monoisotopic (exact) mass is 486 g/mol. The maximum absolute atomic E-state index is 12.6. The van der Waals surface area contributed by atoms with Crippen molar-refractivity contribution in [2.24, 2.45) is 0 Å². The summed E-state index contributed by atoms with van der Waals surface area (Å²) in [6.07, 6.45) is -1.19. The smallest absolute Gasteiger partial charge is 0.338 e. The molecule has 0 saturated heterocycles. The number of sulfonamides is 1. The molecule has 2 N–H and O–H groups in total. The zero-order valence-electron chi connectivity index (χ0n) is 17.9. The molecule has 172 valence electrons. The van der Waals surface area contributed by atoms with Crippen LogP contribution in [-0.2, 0) is 26.1 Å². The van der Waals surface area contributed by atoms with Gasteiger partial charge in [0.05, 0.1) is 16.1 Å². The van der Waals surface area contributed by atoms with E-state index in [1.807, 2.05) is 17.5 Å². The Hall–Kier alpha value is -3.34. The second kappa shape index (κ2) is 10.5. The third-order valence-corrected chi connectivity index (χ3v) is 6.89. The average Bonchev–Trinajstić information content (AvgIpc) is 3.32. The molecule has 0 fully saturated rings. The van der Waals surface area contributed by atoms with E-state index in [0.29, 0.717) is 11.3 Å². The van der Waals surface area contributed by atoms with E-state index in [0.717, 1.165) is 4.88 Å². The topological polar surface area (TPSA) is 119 Å². The van der Waals surface area contributed by atoms with Gasteiger partial charge in [0, 0.05) is 17.0 Å². The van der Waals surface area contributed by atoms with Gasteiger partial charge in [-0.05, 0) is 55.6 Å². The Morgan fingerprint density at radius 3 is 2.48 bits per heavy atom. The summed E-state index contributed by atoms with van der Waals surface area (Å²) in [4.78, 5) is 37.5. The summed E-state index contributed by atoms with van der Waals surface area (Å²) in [5.41, 5.74) is 0.623. The summed E-state index contributed by atoms with van der Waals surface area (Å²) in [5, 5.41) is 4.42. The second-order valence-electron chi connectivity index (χ2n) is 7.07. The fraction of sp³-hybridized carbons (Fsp3) is 0.174. The van der Waals surface area contributed by atoms with Gasteiger partial charge >= 0.3 is 5.97 Å². The van der Waals surface area contributed by atoms with Crippen LogP contribution < -0.4 is 10.0 Å². The highest BCUT2D eigenvalue weighted by atomic mass is 32.2. The van der Waals surface area contributed by atoms with Crippen LogP contribution in [0.2, 0.25) is 0 Å². The first-order chi connectivity index (χ1) is 15.7. The highest BCUT2D eigenvalue weighted by Gasteiger charge is 2.22. The molecule has 0 aliphatic rings. The van der Waals surface area contributed by atoms with Crippen molar-refractivity contribution in [2.75, 3.05) is 5.32 Å². The summed E-state index contributed by atoms with van der Waals surface area (Å²) < 4.78 is 32.8. The van der Waals surface area contributed by atoms with E-state index in [-0.39, 0.29) is 22.8 Å². The van der Waals surface area contributed by atoms with Gasteiger partial charge in [0.15, 0.2) is 11.9 Å². The van der Waals surface area contributed by atoms with Crippen LogP contribution in [0.25, 0.3) is 0 Å². The predicted octanol–water partition coefficient (Wildman–Crippen LogP) is 3.61. The molecular weight excluding hydrogens is 464 g/mol. The van der Waals surface area contributed by atoms with E-state index < -0.39 is 28.0 Å². The highest BCUT2D eigenvalue weighted by Crippen LogP contribution is 2.18. The molecule has 0 saturated carbocycles. The van der Waals surface area contributed by atoms with E-state index in [2.05, 4.69) is 10.0 Å². The Morgan fingerprint density at radius 2 is 1.79 bits per heavy atom. The maximum Gasteiger partial charge on any atom is 0.338 e. The van der Waals surface area contributed by atoms with Gasteiger partial charge in [-0.3, -0.25) is 9.59 Å². The molecule has 0 aliphatic heterocycles. The molecule has 1 unspecified atom stereocenters. The Bertz CT molecular complexity index is 1270. The number of nitrogens with one attached hydrogen (secondary N) is 2. The average molecular weight is 487 g/mol. The van der Waals surface area contributed by atoms with E-state index in [1.165, 1.54) is 49.4 Å². The van der Waals surface area contributed by atoms with Crippen LogP contribution in [0.15, 0.2) is 70.9 Å². The lowest BCUT2D eigenvalue weighted by Gasteiger charge is -2.15. The van der Waals surface area contributed by atoms with Gasteiger partial charge in [-0.2, -0.15) is 0 Å². The first-order valence-electron chi connectivity index (χ1n) is 9.91. The lowest BCUT2D eigenvalue weighted by Crippen LogP contribution is -2.30. The lowest BCUT2D eigenvalue weighted by molar-refractivity contribution is -0.123. The van der Waals surface area contributed by atoms with Crippen molar-refractivity contribution >= 4 is 44.7 Å². The highest BCUT2D eigenvalue weighted by molar-refractivity contribution is 7.89. The minimum Gasteiger partial charge on any atom is -0.449 e. The van der Waals surface area contributed by atoms with Crippen molar-refractivity contribution in [1.82, 2.24) is 4.72 Å². The summed E-state index contributed by atoms with van der Waals surface area (Å²) in [6.45, 7) is 2.89. The van der Waals surface area contributed by atoms with Gasteiger partial charge in [-0.25, -0.2) is 17.9 Å². The molecular formula is C23H22N2O6S2. The molecule has 0 bridgehead atoms. The number of thiophene rings is 1. The number of rotatable bonds is 9. The van der Waals surface area contributed by atoms with Crippen molar-refractivity contribution < 1.29 is 27.5 Å². The number of anilines is 1. The van der Waals surface area contributed by atoms with Gasteiger partial charge in [-0.15, -0.1) is 11.3 Å². The standard InChI is InChI=1S/C23H22N2O6S2/c1-15(26)20-10-3-4-11-21(20)25-22(27)16(2)31-23(28)17-7-5-9-19(13-17)33(29,30)24-14-18-8-6-12-32-18/h3-13,16,24H,14H2,1-2H3,(H,25,27). The molecule has 10 heteroatoms. The van der Waals surface area contributed by atoms with Crippen LogP contribution >= 0.6 is 11.3 Å². The molecule has 0 aliphatic carbocycles. The molecule has 1 atom stereocenters. The number of carbonyl (C=O) groups excluding carboxylic acids is 3. The third-order valence-electron chi connectivity index (χ3n) is 4.61. The van der Waals surface area contributed by atoms with Crippen LogP contribution in [0.3, 0.4) is 0 Å². The number of amides is 1. The number of Topliss-reactive ketones (excluding diaryl/α,β-unsaturated/α-hetero) is 1. The van der Waals surface area contributed by atoms with Crippen molar-refractivity contribution in [3.63, 3.8) is 0 Å². The number of esters is 1. The van der Waals surface area contributed by atoms with Crippen molar-refractivity contribution in [3.8, 4) is 0 Å². The summed E-state index contributed by atoms with van der Waals surface area (Å²) in [7, 11) is -3.85. The number of para-hydroxylation sites is 1. The third kappa shape index (κ3) is 6.35. The van der Waals surface area contributed by atoms with E-state index in [1.54, 1.807) is 24.3 Å². The number of hydrogen-bond acceptors (Lipinski definition) is 7. The molecule has 8 nitrogen and oxygen atoms in total. The zero-order valence-corrected chi connectivity index (χ0v) is 19.5. The summed E-state index contributed by atoms with van der Waals surface area (Å²) in [6, 6.07) is 15.5. The number of carbonyl (C=O) groups is 3. The van der Waals surface area contributed by atoms with Gasteiger partial charge < -0.3 is 10.1 Å². The summed E-state index contributed by atoms with van der Waals surface area (Å²) >= 11 is 1.42. The van der Waals surface area contributed by atoms with Crippen LogP contribution in [-0.4, -0.2) is 32.2 Å².